The van der Waals surface area contributed by atoms with Crippen molar-refractivity contribution in [3.63, 3.8) is 0 Å². The maximum atomic E-state index is 14.0. The third kappa shape index (κ3) is 3.73. The van der Waals surface area contributed by atoms with Crippen LogP contribution in [0.3, 0.4) is 0 Å². The molecular formula is C19H22FNO4. The summed E-state index contributed by atoms with van der Waals surface area (Å²) in [5, 5.41) is 3.28. The molecule has 0 fully saturated rings. The highest BCUT2D eigenvalue weighted by Gasteiger charge is 2.16. The van der Waals surface area contributed by atoms with Crippen molar-refractivity contribution in [2.75, 3.05) is 32.8 Å². The summed E-state index contributed by atoms with van der Waals surface area (Å²) >= 11 is 0. The molecule has 3 rings (SSSR count). The number of nitrogens with one attached hydrogen (secondary N) is 1. The van der Waals surface area contributed by atoms with Gasteiger partial charge in [-0.1, -0.05) is 6.07 Å². The number of halogens is 1. The van der Waals surface area contributed by atoms with E-state index in [-0.39, 0.29) is 11.8 Å². The summed E-state index contributed by atoms with van der Waals surface area (Å²) in [7, 11) is 2.96. The Morgan fingerprint density at radius 3 is 2.44 bits per heavy atom. The summed E-state index contributed by atoms with van der Waals surface area (Å²) in [6.07, 6.45) is 0.861. The van der Waals surface area contributed by atoms with Gasteiger partial charge in [0.25, 0.3) is 0 Å². The van der Waals surface area contributed by atoms with Gasteiger partial charge in [0.05, 0.1) is 33.1 Å². The van der Waals surface area contributed by atoms with Crippen LogP contribution in [0, 0.1) is 5.82 Å². The van der Waals surface area contributed by atoms with E-state index in [1.165, 1.54) is 26.4 Å². The molecule has 0 saturated carbocycles. The Balaban J connectivity index is 1.84. The molecule has 0 amide bonds. The van der Waals surface area contributed by atoms with Crippen LogP contribution in [0.4, 0.5) is 10.1 Å². The molecule has 1 unspecified atom stereocenters. The zero-order valence-corrected chi connectivity index (χ0v) is 14.6. The molecule has 6 heteroatoms. The second-order valence-corrected chi connectivity index (χ2v) is 5.81. The van der Waals surface area contributed by atoms with Crippen molar-refractivity contribution in [2.24, 2.45) is 0 Å². The first-order valence-electron chi connectivity index (χ1n) is 8.20. The van der Waals surface area contributed by atoms with Crippen LogP contribution in [-0.4, -0.2) is 27.4 Å². The standard InChI is InChI=1S/C19H22FNO4/c1-12(13-5-6-16-19(9-13)25-8-4-7-24-16)21-15-10-14(20)17(22-2)11-18(15)23-3/h5-6,9-12,21H,4,7-8H2,1-3H3. The van der Waals surface area contributed by atoms with Gasteiger partial charge in [-0.25, -0.2) is 4.39 Å². The van der Waals surface area contributed by atoms with E-state index in [1.54, 1.807) is 0 Å². The Kier molecular flexibility index (Phi) is 5.16. The highest BCUT2D eigenvalue weighted by molar-refractivity contribution is 5.61. The smallest absolute Gasteiger partial charge is 0.167 e. The minimum Gasteiger partial charge on any atom is -0.494 e. The van der Waals surface area contributed by atoms with E-state index in [4.69, 9.17) is 18.9 Å². The lowest BCUT2D eigenvalue weighted by Crippen LogP contribution is -2.09. The number of ether oxygens (including phenoxy) is 4. The molecule has 25 heavy (non-hydrogen) atoms. The fourth-order valence-corrected chi connectivity index (χ4v) is 2.74. The highest BCUT2D eigenvalue weighted by atomic mass is 19.1. The SMILES string of the molecule is COc1cc(OC)c(NC(C)c2ccc3c(c2)OCCCO3)cc1F. The van der Waals surface area contributed by atoms with Crippen molar-refractivity contribution >= 4 is 5.69 Å². The quantitative estimate of drug-likeness (QED) is 0.879. The molecule has 0 saturated heterocycles. The molecule has 1 heterocycles. The van der Waals surface area contributed by atoms with Crippen LogP contribution >= 0.6 is 0 Å². The van der Waals surface area contributed by atoms with E-state index in [9.17, 15) is 4.39 Å². The van der Waals surface area contributed by atoms with E-state index in [0.717, 1.165) is 23.5 Å². The number of methoxy groups -OCH3 is 2. The number of anilines is 1. The topological polar surface area (TPSA) is 49.0 Å². The molecule has 5 nitrogen and oxygen atoms in total. The van der Waals surface area contributed by atoms with Crippen LogP contribution in [-0.2, 0) is 0 Å². The molecular weight excluding hydrogens is 325 g/mol. The number of hydrogen-bond donors (Lipinski definition) is 1. The zero-order valence-electron chi connectivity index (χ0n) is 14.6. The molecule has 0 spiro atoms. The molecule has 1 aliphatic rings. The van der Waals surface area contributed by atoms with Crippen molar-refractivity contribution in [2.45, 2.75) is 19.4 Å². The molecule has 1 N–H and O–H groups in total. The van der Waals surface area contributed by atoms with Gasteiger partial charge in [-0.05, 0) is 24.6 Å². The minimum absolute atomic E-state index is 0.0844. The van der Waals surface area contributed by atoms with Crippen LogP contribution in [0.2, 0.25) is 0 Å². The van der Waals surface area contributed by atoms with Crippen molar-refractivity contribution in [3.05, 3.63) is 41.7 Å². The number of fused-ring (bicyclic) bond motifs is 1. The molecule has 1 atom stereocenters. The number of rotatable bonds is 5. The van der Waals surface area contributed by atoms with Gasteiger partial charge in [-0.3, -0.25) is 0 Å². The van der Waals surface area contributed by atoms with Gasteiger partial charge in [0.1, 0.15) is 5.75 Å². The summed E-state index contributed by atoms with van der Waals surface area (Å²) in [5.41, 5.74) is 1.56. The van der Waals surface area contributed by atoms with E-state index >= 15 is 0 Å². The molecule has 2 aromatic carbocycles. The van der Waals surface area contributed by atoms with Crippen LogP contribution in [0.5, 0.6) is 23.0 Å². The van der Waals surface area contributed by atoms with Gasteiger partial charge in [-0.2, -0.15) is 0 Å². The summed E-state index contributed by atoms with van der Waals surface area (Å²) in [6.45, 7) is 3.28. The Morgan fingerprint density at radius 1 is 1.00 bits per heavy atom. The largest absolute Gasteiger partial charge is 0.494 e. The van der Waals surface area contributed by atoms with Crippen molar-refractivity contribution in [1.82, 2.24) is 0 Å². The average molecular weight is 347 g/mol. The molecule has 0 bridgehead atoms. The lowest BCUT2D eigenvalue weighted by Gasteiger charge is -2.20. The Morgan fingerprint density at radius 2 is 1.72 bits per heavy atom. The Hall–Kier alpha value is -2.63. The fraction of sp³-hybridized carbons (Fsp3) is 0.368. The monoisotopic (exact) mass is 347 g/mol. The van der Waals surface area contributed by atoms with Gasteiger partial charge in [0.2, 0.25) is 0 Å². The van der Waals surface area contributed by atoms with E-state index < -0.39 is 5.82 Å². The lowest BCUT2D eigenvalue weighted by molar-refractivity contribution is 0.297. The highest BCUT2D eigenvalue weighted by Crippen LogP contribution is 2.36. The summed E-state index contributed by atoms with van der Waals surface area (Å²) in [4.78, 5) is 0. The zero-order chi connectivity index (χ0) is 17.8. The van der Waals surface area contributed by atoms with Crippen molar-refractivity contribution < 1.29 is 23.3 Å². The van der Waals surface area contributed by atoms with E-state index in [2.05, 4.69) is 5.32 Å². The average Bonchev–Trinajstić information content (AvgIpc) is 2.86. The van der Waals surface area contributed by atoms with Gasteiger partial charge >= 0.3 is 0 Å². The fourth-order valence-electron chi connectivity index (χ4n) is 2.74. The first kappa shape index (κ1) is 17.2. The summed E-state index contributed by atoms with van der Waals surface area (Å²) in [6, 6.07) is 8.64. The predicted octanol–water partition coefficient (Wildman–Crippen LogP) is 4.18. The third-order valence-electron chi connectivity index (χ3n) is 4.12. The molecule has 1 aliphatic heterocycles. The van der Waals surface area contributed by atoms with Crippen molar-refractivity contribution in [1.29, 1.82) is 0 Å². The maximum absolute atomic E-state index is 14.0. The van der Waals surface area contributed by atoms with Gasteiger partial charge in [-0.15, -0.1) is 0 Å². The molecule has 0 radical (unpaired) electrons. The Bertz CT molecular complexity index is 750. The second kappa shape index (κ2) is 7.51. The molecule has 134 valence electrons. The first-order valence-corrected chi connectivity index (χ1v) is 8.20. The van der Waals surface area contributed by atoms with E-state index in [0.29, 0.717) is 24.7 Å². The van der Waals surface area contributed by atoms with Crippen LogP contribution < -0.4 is 24.3 Å². The summed E-state index contributed by atoms with van der Waals surface area (Å²) < 4.78 is 35.7. The minimum atomic E-state index is -0.448. The maximum Gasteiger partial charge on any atom is 0.167 e. The van der Waals surface area contributed by atoms with Crippen LogP contribution in [0.15, 0.2) is 30.3 Å². The van der Waals surface area contributed by atoms with Crippen molar-refractivity contribution in [3.8, 4) is 23.0 Å². The normalized spacial score (nSPS) is 14.4. The molecule has 0 aliphatic carbocycles. The van der Waals surface area contributed by atoms with Gasteiger partial charge < -0.3 is 24.3 Å². The van der Waals surface area contributed by atoms with Gasteiger partial charge in [0, 0.05) is 24.6 Å². The van der Waals surface area contributed by atoms with Gasteiger partial charge in [0.15, 0.2) is 23.1 Å². The molecule has 0 aromatic heterocycles. The Labute approximate surface area is 146 Å². The molecule has 2 aromatic rings. The van der Waals surface area contributed by atoms with Crippen LogP contribution in [0.25, 0.3) is 0 Å². The number of hydrogen-bond acceptors (Lipinski definition) is 5. The lowest BCUT2D eigenvalue weighted by atomic mass is 10.1. The first-order chi connectivity index (χ1) is 12.1. The van der Waals surface area contributed by atoms with E-state index in [1.807, 2.05) is 25.1 Å². The number of benzene rings is 2. The summed E-state index contributed by atoms with van der Waals surface area (Å²) in [5.74, 6) is 1.69. The van der Waals surface area contributed by atoms with Crippen LogP contribution in [0.1, 0.15) is 24.9 Å². The second-order valence-electron chi connectivity index (χ2n) is 5.81. The predicted molar refractivity (Wildman–Crippen MR) is 93.6 cm³/mol. The third-order valence-corrected chi connectivity index (χ3v) is 4.12.